The maximum absolute atomic E-state index is 14.5. The summed E-state index contributed by atoms with van der Waals surface area (Å²) in [6.07, 6.45) is 3.56. The largest absolute Gasteiger partial charge is 0.493 e. The van der Waals surface area contributed by atoms with Gasteiger partial charge in [0.15, 0.2) is 17.3 Å². The lowest BCUT2D eigenvalue weighted by molar-refractivity contribution is -0.121. The molecule has 0 bridgehead atoms. The van der Waals surface area contributed by atoms with Gasteiger partial charge in [-0.3, -0.25) is 4.79 Å². The second kappa shape index (κ2) is 8.22. The second-order valence-electron chi connectivity index (χ2n) is 7.26. The molecule has 30 heavy (non-hydrogen) atoms. The Kier molecular flexibility index (Phi) is 5.48. The zero-order valence-corrected chi connectivity index (χ0v) is 16.7. The van der Waals surface area contributed by atoms with Gasteiger partial charge in [0.05, 0.1) is 24.4 Å². The van der Waals surface area contributed by atoms with Crippen molar-refractivity contribution >= 4 is 28.2 Å². The van der Waals surface area contributed by atoms with Crippen LogP contribution in [0.3, 0.4) is 0 Å². The molecule has 4 rings (SSSR count). The molecule has 8 heteroatoms. The van der Waals surface area contributed by atoms with Crippen molar-refractivity contribution in [1.29, 1.82) is 0 Å². The summed E-state index contributed by atoms with van der Waals surface area (Å²) in [6, 6.07) is 5.98. The Morgan fingerprint density at radius 2 is 1.87 bits per heavy atom. The predicted octanol–water partition coefficient (Wildman–Crippen LogP) is 4.86. The fourth-order valence-corrected chi connectivity index (χ4v) is 3.51. The highest BCUT2D eigenvalue weighted by Crippen LogP contribution is 2.37. The molecular formula is C22H21F2N3O3. The van der Waals surface area contributed by atoms with Crippen LogP contribution in [0.4, 0.5) is 20.3 Å². The van der Waals surface area contributed by atoms with Crippen molar-refractivity contribution in [2.45, 2.75) is 38.7 Å². The number of ketones is 1. The Bertz CT molecular complexity index is 1110. The molecule has 1 heterocycles. The van der Waals surface area contributed by atoms with Gasteiger partial charge in [-0.25, -0.2) is 18.7 Å². The van der Waals surface area contributed by atoms with Gasteiger partial charge in [-0.2, -0.15) is 0 Å². The molecule has 1 aromatic heterocycles. The Balaban J connectivity index is 1.71. The number of benzene rings is 2. The maximum atomic E-state index is 14.5. The van der Waals surface area contributed by atoms with E-state index in [1.165, 1.54) is 32.5 Å². The molecule has 0 spiro atoms. The van der Waals surface area contributed by atoms with Crippen LogP contribution in [0.15, 0.2) is 30.6 Å². The Morgan fingerprint density at radius 3 is 2.60 bits per heavy atom. The number of carbonyl (C=O) groups excluding carboxylic acids is 1. The molecule has 2 aromatic carbocycles. The van der Waals surface area contributed by atoms with Gasteiger partial charge >= 0.3 is 0 Å². The van der Waals surface area contributed by atoms with Gasteiger partial charge in [-0.1, -0.05) is 0 Å². The Morgan fingerprint density at radius 1 is 1.10 bits per heavy atom. The van der Waals surface area contributed by atoms with E-state index in [0.29, 0.717) is 53.9 Å². The summed E-state index contributed by atoms with van der Waals surface area (Å²) < 4.78 is 39.6. The van der Waals surface area contributed by atoms with Crippen molar-refractivity contribution < 1.29 is 23.0 Å². The van der Waals surface area contributed by atoms with Crippen molar-refractivity contribution in [3.63, 3.8) is 0 Å². The van der Waals surface area contributed by atoms with E-state index in [9.17, 15) is 13.6 Å². The quantitative estimate of drug-likeness (QED) is 0.644. The minimum Gasteiger partial charge on any atom is -0.493 e. The number of hydrogen-bond donors (Lipinski definition) is 1. The average molecular weight is 413 g/mol. The van der Waals surface area contributed by atoms with Crippen molar-refractivity contribution in [2.24, 2.45) is 0 Å². The third-order valence-corrected chi connectivity index (χ3v) is 5.28. The summed E-state index contributed by atoms with van der Waals surface area (Å²) in [4.78, 5) is 20.0. The van der Waals surface area contributed by atoms with E-state index < -0.39 is 11.6 Å². The molecule has 3 aromatic rings. The number of anilines is 2. The third kappa shape index (κ3) is 3.90. The molecule has 0 radical (unpaired) electrons. The number of hydrogen-bond acceptors (Lipinski definition) is 6. The zero-order chi connectivity index (χ0) is 21.3. The lowest BCUT2D eigenvalue weighted by atomic mass is 9.96. The third-order valence-electron chi connectivity index (χ3n) is 5.28. The van der Waals surface area contributed by atoms with E-state index in [0.717, 1.165) is 0 Å². The first kappa shape index (κ1) is 20.0. The number of methoxy groups -OCH3 is 1. The summed E-state index contributed by atoms with van der Waals surface area (Å²) in [6.45, 7) is 1.37. The van der Waals surface area contributed by atoms with Crippen LogP contribution in [0.25, 0.3) is 10.9 Å². The SMILES string of the molecule is COc1cc2ncnc(Nc3ccc(F)c(C)c3F)c2cc1OC1CCC(=O)CC1. The fraction of sp³-hybridized carbons (Fsp3) is 0.318. The van der Waals surface area contributed by atoms with Crippen LogP contribution >= 0.6 is 0 Å². The zero-order valence-electron chi connectivity index (χ0n) is 16.7. The molecule has 0 amide bonds. The van der Waals surface area contributed by atoms with Gasteiger partial charge in [-0.05, 0) is 38.0 Å². The molecule has 1 aliphatic carbocycles. The lowest BCUT2D eigenvalue weighted by Gasteiger charge is -2.23. The number of aromatic nitrogens is 2. The minimum atomic E-state index is -0.682. The normalized spacial score (nSPS) is 14.7. The smallest absolute Gasteiger partial charge is 0.162 e. The lowest BCUT2D eigenvalue weighted by Crippen LogP contribution is -2.24. The summed E-state index contributed by atoms with van der Waals surface area (Å²) >= 11 is 0. The van der Waals surface area contributed by atoms with Crippen molar-refractivity contribution in [1.82, 2.24) is 9.97 Å². The molecule has 156 valence electrons. The van der Waals surface area contributed by atoms with E-state index >= 15 is 0 Å². The van der Waals surface area contributed by atoms with Crippen LogP contribution in [0.2, 0.25) is 0 Å². The Labute approximate surface area is 172 Å². The molecule has 1 N–H and O–H groups in total. The molecule has 1 fully saturated rings. The Hall–Kier alpha value is -3.29. The molecule has 0 atom stereocenters. The van der Waals surface area contributed by atoms with Crippen LogP contribution in [-0.2, 0) is 4.79 Å². The highest BCUT2D eigenvalue weighted by molar-refractivity contribution is 5.93. The number of carbonyl (C=O) groups is 1. The number of Topliss-reactive ketones (excluding diaryl/α,β-unsaturated/α-hetero) is 1. The van der Waals surface area contributed by atoms with E-state index in [4.69, 9.17) is 9.47 Å². The number of rotatable bonds is 5. The van der Waals surface area contributed by atoms with Gasteiger partial charge in [0.1, 0.15) is 23.7 Å². The summed E-state index contributed by atoms with van der Waals surface area (Å²) in [5, 5.41) is 3.52. The monoisotopic (exact) mass is 413 g/mol. The summed E-state index contributed by atoms with van der Waals surface area (Å²) in [5.74, 6) is 0.314. The second-order valence-corrected chi connectivity index (χ2v) is 7.26. The van der Waals surface area contributed by atoms with Gasteiger partial charge in [0, 0.05) is 29.9 Å². The molecule has 0 saturated heterocycles. The van der Waals surface area contributed by atoms with Crippen LogP contribution in [0, 0.1) is 18.6 Å². The first-order valence-electron chi connectivity index (χ1n) is 9.69. The van der Waals surface area contributed by atoms with Crippen molar-refractivity contribution in [2.75, 3.05) is 12.4 Å². The van der Waals surface area contributed by atoms with Gasteiger partial charge < -0.3 is 14.8 Å². The topological polar surface area (TPSA) is 73.3 Å². The van der Waals surface area contributed by atoms with E-state index in [1.54, 1.807) is 12.1 Å². The van der Waals surface area contributed by atoms with Crippen LogP contribution in [0.1, 0.15) is 31.2 Å². The minimum absolute atomic E-state index is 0.0732. The number of halogens is 2. The summed E-state index contributed by atoms with van der Waals surface area (Å²) in [7, 11) is 1.54. The van der Waals surface area contributed by atoms with Gasteiger partial charge in [0.25, 0.3) is 0 Å². The molecule has 1 saturated carbocycles. The highest BCUT2D eigenvalue weighted by atomic mass is 19.1. The molecule has 0 aliphatic heterocycles. The van der Waals surface area contributed by atoms with Crippen LogP contribution in [0.5, 0.6) is 11.5 Å². The first-order valence-corrected chi connectivity index (χ1v) is 9.69. The van der Waals surface area contributed by atoms with Gasteiger partial charge in [-0.15, -0.1) is 0 Å². The molecular weight excluding hydrogens is 392 g/mol. The first-order chi connectivity index (χ1) is 14.5. The fourth-order valence-electron chi connectivity index (χ4n) is 3.51. The highest BCUT2D eigenvalue weighted by Gasteiger charge is 2.22. The van der Waals surface area contributed by atoms with E-state index in [1.807, 2.05) is 0 Å². The standard InChI is InChI=1S/C22H21F2N3O3/c1-12-16(23)7-8-17(21(12)24)27-22-15-9-20(30-14-5-3-13(28)4-6-14)19(29-2)10-18(15)25-11-26-22/h7-11,14H,3-6H2,1-2H3,(H,25,26,27). The predicted molar refractivity (Wildman–Crippen MR) is 108 cm³/mol. The maximum Gasteiger partial charge on any atom is 0.162 e. The number of nitrogens with zero attached hydrogens (tertiary/aromatic N) is 2. The van der Waals surface area contributed by atoms with Crippen LogP contribution in [-0.4, -0.2) is 29.0 Å². The number of nitrogens with one attached hydrogen (secondary N) is 1. The number of ether oxygens (including phenoxy) is 2. The van der Waals surface area contributed by atoms with Gasteiger partial charge in [0.2, 0.25) is 0 Å². The van der Waals surface area contributed by atoms with Crippen molar-refractivity contribution in [3.05, 3.63) is 47.8 Å². The molecule has 6 nitrogen and oxygen atoms in total. The number of fused-ring (bicyclic) bond motifs is 1. The van der Waals surface area contributed by atoms with E-state index in [2.05, 4.69) is 15.3 Å². The average Bonchev–Trinajstić information content (AvgIpc) is 2.75. The molecule has 0 unspecified atom stereocenters. The summed E-state index contributed by atoms with van der Waals surface area (Å²) in [5.41, 5.74) is 0.614. The molecule has 1 aliphatic rings. The van der Waals surface area contributed by atoms with Crippen molar-refractivity contribution in [3.8, 4) is 11.5 Å². The van der Waals surface area contributed by atoms with Crippen LogP contribution < -0.4 is 14.8 Å². The van der Waals surface area contributed by atoms with E-state index in [-0.39, 0.29) is 23.1 Å².